The third kappa shape index (κ3) is 7.03. The van der Waals surface area contributed by atoms with Crippen molar-refractivity contribution < 1.29 is 29.0 Å². The summed E-state index contributed by atoms with van der Waals surface area (Å²) in [6.07, 6.45) is -1.00. The Bertz CT molecular complexity index is 1250. The Balaban J connectivity index is 1.28. The predicted octanol–water partition coefficient (Wildman–Crippen LogP) is 4.87. The first-order chi connectivity index (χ1) is 18.9. The van der Waals surface area contributed by atoms with E-state index in [-0.39, 0.29) is 25.6 Å². The standard InChI is InChI=1S/C31H34N2O6/c1-3-22(17-28(34)33-29(30(35)36)20(2)38-18-21-11-5-4-6-12-21)32-31(37)39-19-27-25-15-9-7-13-23(25)24-14-8-10-16-26(24)27/h4-16,20,22,27,29H,3,17-19H2,1-2H3,(H,32,37)(H,33,34)(H,35,36)/t20?,22-,29?/m1/s1. The highest BCUT2D eigenvalue weighted by atomic mass is 16.5. The van der Waals surface area contributed by atoms with Crippen LogP contribution in [0.15, 0.2) is 78.9 Å². The zero-order chi connectivity index (χ0) is 27.8. The van der Waals surface area contributed by atoms with E-state index in [0.29, 0.717) is 6.42 Å². The first kappa shape index (κ1) is 27.9. The quantitative estimate of drug-likeness (QED) is 0.308. The number of nitrogens with one attached hydrogen (secondary N) is 2. The van der Waals surface area contributed by atoms with Crippen molar-refractivity contribution in [2.75, 3.05) is 6.61 Å². The molecule has 3 aromatic rings. The lowest BCUT2D eigenvalue weighted by Crippen LogP contribution is -2.50. The highest BCUT2D eigenvalue weighted by Gasteiger charge is 2.30. The summed E-state index contributed by atoms with van der Waals surface area (Å²) in [7, 11) is 0. The Morgan fingerprint density at radius 2 is 1.46 bits per heavy atom. The van der Waals surface area contributed by atoms with Crippen LogP contribution in [-0.2, 0) is 25.7 Å². The Hall–Kier alpha value is -4.17. The number of carbonyl (C=O) groups excluding carboxylic acids is 2. The highest BCUT2D eigenvalue weighted by Crippen LogP contribution is 2.44. The molecule has 0 spiro atoms. The molecule has 3 atom stereocenters. The van der Waals surface area contributed by atoms with Gasteiger partial charge in [-0.25, -0.2) is 9.59 Å². The van der Waals surface area contributed by atoms with Crippen molar-refractivity contribution in [3.05, 3.63) is 95.6 Å². The molecule has 4 rings (SSSR count). The molecule has 0 radical (unpaired) electrons. The van der Waals surface area contributed by atoms with E-state index in [9.17, 15) is 19.5 Å². The number of alkyl carbamates (subject to hydrolysis) is 1. The minimum absolute atomic E-state index is 0.0692. The SMILES string of the molecule is CC[C@H](CC(=O)NC(C(=O)O)C(C)OCc1ccccc1)NC(=O)OCC1c2ccccc2-c2ccccc21. The van der Waals surface area contributed by atoms with Crippen molar-refractivity contribution >= 4 is 18.0 Å². The first-order valence-electron chi connectivity index (χ1n) is 13.2. The molecule has 1 aliphatic carbocycles. The second-order valence-electron chi connectivity index (χ2n) is 9.66. The molecule has 2 unspecified atom stereocenters. The van der Waals surface area contributed by atoms with Gasteiger partial charge in [0.1, 0.15) is 6.61 Å². The molecule has 0 aliphatic heterocycles. The van der Waals surface area contributed by atoms with Crippen LogP contribution in [-0.4, -0.2) is 47.9 Å². The van der Waals surface area contributed by atoms with E-state index in [1.54, 1.807) is 6.92 Å². The van der Waals surface area contributed by atoms with E-state index in [4.69, 9.17) is 9.47 Å². The number of aliphatic carboxylic acids is 1. The van der Waals surface area contributed by atoms with Gasteiger partial charge in [-0.3, -0.25) is 4.79 Å². The zero-order valence-corrected chi connectivity index (χ0v) is 22.1. The first-order valence-corrected chi connectivity index (χ1v) is 13.2. The number of hydrogen-bond acceptors (Lipinski definition) is 5. The van der Waals surface area contributed by atoms with Crippen LogP contribution in [0.3, 0.4) is 0 Å². The van der Waals surface area contributed by atoms with Gasteiger partial charge >= 0.3 is 12.1 Å². The molecular formula is C31H34N2O6. The number of benzene rings is 3. The van der Waals surface area contributed by atoms with Crippen LogP contribution >= 0.6 is 0 Å². The largest absolute Gasteiger partial charge is 0.480 e. The molecular weight excluding hydrogens is 496 g/mol. The molecule has 1 aliphatic rings. The Kier molecular flexibility index (Phi) is 9.33. The van der Waals surface area contributed by atoms with Crippen LogP contribution in [0.5, 0.6) is 0 Å². The van der Waals surface area contributed by atoms with Crippen LogP contribution in [0.2, 0.25) is 0 Å². The monoisotopic (exact) mass is 530 g/mol. The fraction of sp³-hybridized carbons (Fsp3) is 0.323. The average molecular weight is 531 g/mol. The molecule has 2 amide bonds. The van der Waals surface area contributed by atoms with E-state index in [0.717, 1.165) is 27.8 Å². The number of carbonyl (C=O) groups is 3. The smallest absolute Gasteiger partial charge is 0.407 e. The van der Waals surface area contributed by atoms with E-state index in [2.05, 4.69) is 22.8 Å². The van der Waals surface area contributed by atoms with Crippen LogP contribution < -0.4 is 10.6 Å². The normalized spacial score (nSPS) is 14.4. The maximum absolute atomic E-state index is 12.7. The summed E-state index contributed by atoms with van der Waals surface area (Å²) in [5.41, 5.74) is 5.40. The van der Waals surface area contributed by atoms with Gasteiger partial charge in [0, 0.05) is 18.4 Å². The van der Waals surface area contributed by atoms with Gasteiger partial charge in [0.05, 0.1) is 12.7 Å². The van der Waals surface area contributed by atoms with Gasteiger partial charge in [-0.2, -0.15) is 0 Å². The van der Waals surface area contributed by atoms with Crippen molar-refractivity contribution in [2.45, 2.75) is 57.4 Å². The number of rotatable bonds is 12. The van der Waals surface area contributed by atoms with Crippen molar-refractivity contribution in [1.82, 2.24) is 10.6 Å². The molecule has 204 valence electrons. The van der Waals surface area contributed by atoms with Crippen LogP contribution in [0.1, 0.15) is 49.3 Å². The van der Waals surface area contributed by atoms with Crippen LogP contribution in [0.4, 0.5) is 4.79 Å². The topological polar surface area (TPSA) is 114 Å². The summed E-state index contributed by atoms with van der Waals surface area (Å²) >= 11 is 0. The number of amides is 2. The van der Waals surface area contributed by atoms with E-state index in [1.807, 2.05) is 73.7 Å². The van der Waals surface area contributed by atoms with Gasteiger partial charge in [-0.15, -0.1) is 0 Å². The van der Waals surface area contributed by atoms with Gasteiger partial charge in [-0.1, -0.05) is 85.8 Å². The molecule has 39 heavy (non-hydrogen) atoms. The fourth-order valence-corrected chi connectivity index (χ4v) is 4.84. The molecule has 8 heteroatoms. The number of carboxylic acid groups (broad SMARTS) is 1. The molecule has 0 heterocycles. The third-order valence-corrected chi connectivity index (χ3v) is 7.00. The van der Waals surface area contributed by atoms with Gasteiger partial charge in [0.15, 0.2) is 6.04 Å². The highest BCUT2D eigenvalue weighted by molar-refractivity contribution is 5.84. The van der Waals surface area contributed by atoms with Crippen molar-refractivity contribution in [3.8, 4) is 11.1 Å². The molecule has 0 fully saturated rings. The molecule has 0 aromatic heterocycles. The van der Waals surface area contributed by atoms with Crippen LogP contribution in [0, 0.1) is 0 Å². The molecule has 0 saturated heterocycles. The second-order valence-corrected chi connectivity index (χ2v) is 9.66. The summed E-state index contributed by atoms with van der Waals surface area (Å²) < 4.78 is 11.3. The second kappa shape index (κ2) is 13.1. The maximum atomic E-state index is 12.7. The minimum Gasteiger partial charge on any atom is -0.480 e. The van der Waals surface area contributed by atoms with Gasteiger partial charge in [0.25, 0.3) is 0 Å². The summed E-state index contributed by atoms with van der Waals surface area (Å²) in [5, 5.41) is 14.9. The number of carboxylic acids is 1. The number of ether oxygens (including phenoxy) is 2. The molecule has 8 nitrogen and oxygen atoms in total. The average Bonchev–Trinajstić information content (AvgIpc) is 3.27. The molecule has 3 N–H and O–H groups in total. The summed E-state index contributed by atoms with van der Waals surface area (Å²) in [6, 6.07) is 23.8. The Morgan fingerprint density at radius 1 is 0.872 bits per heavy atom. The van der Waals surface area contributed by atoms with Crippen LogP contribution in [0.25, 0.3) is 11.1 Å². The van der Waals surface area contributed by atoms with Gasteiger partial charge < -0.3 is 25.2 Å². The summed E-state index contributed by atoms with van der Waals surface area (Å²) in [6.45, 7) is 3.83. The zero-order valence-electron chi connectivity index (χ0n) is 22.1. The lowest BCUT2D eigenvalue weighted by atomic mass is 9.98. The molecule has 0 saturated carbocycles. The van der Waals surface area contributed by atoms with Crippen molar-refractivity contribution in [2.24, 2.45) is 0 Å². The summed E-state index contributed by atoms with van der Waals surface area (Å²) in [5.74, 6) is -1.76. The fourth-order valence-electron chi connectivity index (χ4n) is 4.84. The minimum atomic E-state index is -1.23. The van der Waals surface area contributed by atoms with Gasteiger partial charge in [0.2, 0.25) is 5.91 Å². The Labute approximate surface area is 228 Å². The number of fused-ring (bicyclic) bond motifs is 3. The van der Waals surface area contributed by atoms with Gasteiger partial charge in [-0.05, 0) is 41.2 Å². The lowest BCUT2D eigenvalue weighted by Gasteiger charge is -2.23. The predicted molar refractivity (Wildman–Crippen MR) is 147 cm³/mol. The third-order valence-electron chi connectivity index (χ3n) is 7.00. The van der Waals surface area contributed by atoms with E-state index in [1.165, 1.54) is 0 Å². The lowest BCUT2D eigenvalue weighted by molar-refractivity contribution is -0.146. The van der Waals surface area contributed by atoms with Crippen molar-refractivity contribution in [1.29, 1.82) is 0 Å². The molecule has 3 aromatic carbocycles. The van der Waals surface area contributed by atoms with Crippen molar-refractivity contribution in [3.63, 3.8) is 0 Å². The van der Waals surface area contributed by atoms with E-state index < -0.39 is 36.2 Å². The maximum Gasteiger partial charge on any atom is 0.407 e. The molecule has 0 bridgehead atoms. The number of hydrogen-bond donors (Lipinski definition) is 3. The summed E-state index contributed by atoms with van der Waals surface area (Å²) in [4.78, 5) is 37.2. The van der Waals surface area contributed by atoms with E-state index >= 15 is 0 Å². The Morgan fingerprint density at radius 3 is 2.05 bits per heavy atom.